The predicted octanol–water partition coefficient (Wildman–Crippen LogP) is 3.79. The fraction of sp³-hybridized carbons (Fsp3) is 0.357. The lowest BCUT2D eigenvalue weighted by Gasteiger charge is -2.13. The molecular weight excluding hydrogens is 311 g/mol. The van der Waals surface area contributed by atoms with Crippen LogP contribution in [0.2, 0.25) is 10.0 Å². The number of halogens is 2. The second-order valence-corrected chi connectivity index (χ2v) is 5.78. The van der Waals surface area contributed by atoms with Gasteiger partial charge in [-0.15, -0.1) is 0 Å². The van der Waals surface area contributed by atoms with Gasteiger partial charge in [-0.1, -0.05) is 23.2 Å². The summed E-state index contributed by atoms with van der Waals surface area (Å²) >= 11 is 11.8. The molecule has 0 unspecified atom stereocenters. The summed E-state index contributed by atoms with van der Waals surface area (Å²) < 4.78 is 1.75. The van der Waals surface area contributed by atoms with Gasteiger partial charge in [-0.2, -0.15) is 5.10 Å². The first-order valence-electron chi connectivity index (χ1n) is 6.51. The minimum absolute atomic E-state index is 0.0825. The molecule has 0 aliphatic heterocycles. The van der Waals surface area contributed by atoms with Gasteiger partial charge in [0, 0.05) is 22.2 Å². The van der Waals surface area contributed by atoms with Crippen molar-refractivity contribution in [1.82, 2.24) is 14.8 Å². The standard InChI is InChI=1S/C14H16Cl2N4O/c1-8(20-10(3)17-9(2)19-20)4-14(21)18-13-6-11(15)5-12(16)7-13/h5-8H,4H2,1-3H3,(H,18,21)/t8-/m0/s1. The first-order valence-corrected chi connectivity index (χ1v) is 7.26. The molecule has 1 atom stereocenters. The van der Waals surface area contributed by atoms with Crippen LogP contribution in [-0.4, -0.2) is 20.7 Å². The maximum atomic E-state index is 12.1. The summed E-state index contributed by atoms with van der Waals surface area (Å²) in [6, 6.07) is 4.84. The molecule has 1 N–H and O–H groups in total. The quantitative estimate of drug-likeness (QED) is 0.929. The molecule has 0 aliphatic rings. The topological polar surface area (TPSA) is 59.8 Å². The highest BCUT2D eigenvalue weighted by atomic mass is 35.5. The highest BCUT2D eigenvalue weighted by molar-refractivity contribution is 6.35. The number of benzene rings is 1. The van der Waals surface area contributed by atoms with Crippen molar-refractivity contribution in [2.75, 3.05) is 5.32 Å². The predicted molar refractivity (Wildman–Crippen MR) is 83.9 cm³/mol. The van der Waals surface area contributed by atoms with E-state index in [0.29, 0.717) is 21.6 Å². The Labute approximate surface area is 133 Å². The number of carbonyl (C=O) groups excluding carboxylic acids is 1. The zero-order chi connectivity index (χ0) is 15.6. The number of aromatic nitrogens is 3. The lowest BCUT2D eigenvalue weighted by atomic mass is 10.2. The molecule has 5 nitrogen and oxygen atoms in total. The molecule has 2 rings (SSSR count). The van der Waals surface area contributed by atoms with Gasteiger partial charge in [0.2, 0.25) is 5.91 Å². The zero-order valence-electron chi connectivity index (χ0n) is 12.0. The van der Waals surface area contributed by atoms with Crippen LogP contribution < -0.4 is 5.32 Å². The molecule has 1 heterocycles. The monoisotopic (exact) mass is 326 g/mol. The van der Waals surface area contributed by atoms with Crippen LogP contribution in [0.3, 0.4) is 0 Å². The lowest BCUT2D eigenvalue weighted by molar-refractivity contribution is -0.116. The van der Waals surface area contributed by atoms with Gasteiger partial charge in [0.1, 0.15) is 11.6 Å². The summed E-state index contributed by atoms with van der Waals surface area (Å²) in [6.45, 7) is 5.61. The smallest absolute Gasteiger partial charge is 0.226 e. The van der Waals surface area contributed by atoms with Crippen LogP contribution in [0.5, 0.6) is 0 Å². The average Bonchev–Trinajstić information content (AvgIpc) is 2.66. The van der Waals surface area contributed by atoms with Crippen molar-refractivity contribution in [1.29, 1.82) is 0 Å². The van der Waals surface area contributed by atoms with Gasteiger partial charge in [0.15, 0.2) is 0 Å². The molecule has 1 aromatic heterocycles. The molecule has 1 amide bonds. The molecule has 0 saturated carbocycles. The Morgan fingerprint density at radius 3 is 2.43 bits per heavy atom. The average molecular weight is 327 g/mol. The molecule has 0 aliphatic carbocycles. The zero-order valence-corrected chi connectivity index (χ0v) is 13.5. The molecule has 112 valence electrons. The van der Waals surface area contributed by atoms with E-state index in [4.69, 9.17) is 23.2 Å². The molecule has 1 aromatic carbocycles. The van der Waals surface area contributed by atoms with Gasteiger partial charge in [0.05, 0.1) is 6.04 Å². The Balaban J connectivity index is 2.03. The summed E-state index contributed by atoms with van der Waals surface area (Å²) in [5.41, 5.74) is 0.580. The number of carbonyl (C=O) groups is 1. The normalized spacial score (nSPS) is 12.2. The highest BCUT2D eigenvalue weighted by Gasteiger charge is 2.15. The fourth-order valence-corrected chi connectivity index (χ4v) is 2.67. The summed E-state index contributed by atoms with van der Waals surface area (Å²) in [6.07, 6.45) is 0.285. The van der Waals surface area contributed by atoms with Crippen LogP contribution in [0, 0.1) is 13.8 Å². The molecular formula is C14H16Cl2N4O. The van der Waals surface area contributed by atoms with Gasteiger partial charge in [-0.25, -0.2) is 9.67 Å². The second-order valence-electron chi connectivity index (χ2n) is 4.91. The summed E-state index contributed by atoms with van der Waals surface area (Å²) in [4.78, 5) is 16.3. The number of hydrogen-bond acceptors (Lipinski definition) is 3. The van der Waals surface area contributed by atoms with Gasteiger partial charge in [-0.05, 0) is 39.0 Å². The third-order valence-corrected chi connectivity index (χ3v) is 3.39. The molecule has 0 fully saturated rings. The third-order valence-electron chi connectivity index (χ3n) is 2.95. The number of anilines is 1. The number of aryl methyl sites for hydroxylation is 2. The van der Waals surface area contributed by atoms with Gasteiger partial charge in [-0.3, -0.25) is 4.79 Å². The van der Waals surface area contributed by atoms with Crippen LogP contribution in [-0.2, 0) is 4.79 Å². The van der Waals surface area contributed by atoms with Crippen LogP contribution in [0.15, 0.2) is 18.2 Å². The van der Waals surface area contributed by atoms with Crippen molar-refractivity contribution in [2.45, 2.75) is 33.2 Å². The van der Waals surface area contributed by atoms with E-state index in [1.807, 2.05) is 20.8 Å². The van der Waals surface area contributed by atoms with Gasteiger partial charge >= 0.3 is 0 Å². The van der Waals surface area contributed by atoms with Crippen molar-refractivity contribution in [2.24, 2.45) is 0 Å². The lowest BCUT2D eigenvalue weighted by Crippen LogP contribution is -2.19. The second kappa shape index (κ2) is 6.45. The number of nitrogens with one attached hydrogen (secondary N) is 1. The fourth-order valence-electron chi connectivity index (χ4n) is 2.15. The Hall–Kier alpha value is -1.59. The Morgan fingerprint density at radius 2 is 1.90 bits per heavy atom. The largest absolute Gasteiger partial charge is 0.326 e. The number of amides is 1. The third kappa shape index (κ3) is 4.19. The minimum Gasteiger partial charge on any atom is -0.326 e. The molecule has 0 saturated heterocycles. The molecule has 21 heavy (non-hydrogen) atoms. The van der Waals surface area contributed by atoms with E-state index in [9.17, 15) is 4.79 Å². The number of hydrogen-bond donors (Lipinski definition) is 1. The Morgan fingerprint density at radius 1 is 1.29 bits per heavy atom. The molecule has 7 heteroatoms. The first kappa shape index (κ1) is 15.8. The molecule has 0 spiro atoms. The van der Waals surface area contributed by atoms with E-state index >= 15 is 0 Å². The van der Waals surface area contributed by atoms with E-state index in [1.165, 1.54) is 0 Å². The summed E-state index contributed by atoms with van der Waals surface area (Å²) in [5, 5.41) is 8.02. The maximum Gasteiger partial charge on any atom is 0.226 e. The van der Waals surface area contributed by atoms with Gasteiger partial charge in [0.25, 0.3) is 0 Å². The Bertz CT molecular complexity index is 649. The number of rotatable bonds is 4. The molecule has 0 bridgehead atoms. The SMILES string of the molecule is Cc1nc(C)n([C@@H](C)CC(=O)Nc2cc(Cl)cc(Cl)c2)n1. The van der Waals surface area contributed by atoms with Crippen molar-refractivity contribution in [3.63, 3.8) is 0 Å². The van der Waals surface area contributed by atoms with E-state index < -0.39 is 0 Å². The summed E-state index contributed by atoms with van der Waals surface area (Å²) in [7, 11) is 0. The molecule has 2 aromatic rings. The van der Waals surface area contributed by atoms with Gasteiger partial charge < -0.3 is 5.32 Å². The van der Waals surface area contributed by atoms with Crippen molar-refractivity contribution in [3.05, 3.63) is 39.9 Å². The van der Waals surface area contributed by atoms with E-state index in [2.05, 4.69) is 15.4 Å². The number of nitrogens with zero attached hydrogens (tertiary/aromatic N) is 3. The molecule has 0 radical (unpaired) electrons. The van der Waals surface area contributed by atoms with Crippen LogP contribution >= 0.6 is 23.2 Å². The van der Waals surface area contributed by atoms with Crippen LogP contribution in [0.1, 0.15) is 31.0 Å². The van der Waals surface area contributed by atoms with E-state index in [0.717, 1.165) is 5.82 Å². The summed E-state index contributed by atoms with van der Waals surface area (Å²) in [5.74, 6) is 1.35. The first-order chi connectivity index (χ1) is 9.85. The Kier molecular flexibility index (Phi) is 4.85. The van der Waals surface area contributed by atoms with Crippen LogP contribution in [0.4, 0.5) is 5.69 Å². The van der Waals surface area contributed by atoms with Crippen molar-refractivity contribution in [3.8, 4) is 0 Å². The van der Waals surface area contributed by atoms with Crippen LogP contribution in [0.25, 0.3) is 0 Å². The van der Waals surface area contributed by atoms with E-state index in [1.54, 1.807) is 22.9 Å². The maximum absolute atomic E-state index is 12.1. The minimum atomic E-state index is -0.131. The van der Waals surface area contributed by atoms with Crippen molar-refractivity contribution >= 4 is 34.8 Å². The van der Waals surface area contributed by atoms with Crippen molar-refractivity contribution < 1.29 is 4.79 Å². The highest BCUT2D eigenvalue weighted by Crippen LogP contribution is 2.23. The van der Waals surface area contributed by atoms with E-state index in [-0.39, 0.29) is 18.4 Å².